The Hall–Kier alpha value is -0.710. The molecular weight excluding hydrogens is 162 g/mol. The maximum atomic E-state index is 10.4. The summed E-state index contributed by atoms with van der Waals surface area (Å²) in [6.07, 6.45) is 1.07. The van der Waals surface area contributed by atoms with Gasteiger partial charge in [0.1, 0.15) is 0 Å². The Kier molecular flexibility index (Phi) is 3.22. The molecule has 1 amide bonds. The first-order valence-corrected chi connectivity index (χ1v) is 4.47. The highest BCUT2D eigenvalue weighted by atomic mass is 32.2. The average Bonchev–Trinajstić information content (AvgIpc) is 2.03. The van der Waals surface area contributed by atoms with Gasteiger partial charge in [-0.15, -0.1) is 0 Å². The zero-order valence-electron chi connectivity index (χ0n) is 6.17. The quantitative estimate of drug-likeness (QED) is 0.594. The summed E-state index contributed by atoms with van der Waals surface area (Å²) in [6, 6.07) is 0. The topological polar surface area (TPSA) is 67.5 Å². The number of carbonyl (C=O) groups is 1. The molecular formula is C6H11N3OS. The third-order valence-corrected chi connectivity index (χ3v) is 2.19. The van der Waals surface area contributed by atoms with Gasteiger partial charge in [-0.2, -0.15) is 0 Å². The molecule has 5 heteroatoms. The lowest BCUT2D eigenvalue weighted by molar-refractivity contribution is -0.115. The van der Waals surface area contributed by atoms with Crippen LogP contribution >= 0.6 is 11.8 Å². The van der Waals surface area contributed by atoms with Crippen molar-refractivity contribution in [3.05, 3.63) is 0 Å². The Morgan fingerprint density at radius 2 is 2.64 bits per heavy atom. The molecule has 0 spiro atoms. The van der Waals surface area contributed by atoms with Gasteiger partial charge in [0.2, 0.25) is 5.91 Å². The number of hydrogen-bond donors (Lipinski definition) is 2. The molecule has 0 fully saturated rings. The van der Waals surface area contributed by atoms with Crippen molar-refractivity contribution in [2.45, 2.75) is 6.42 Å². The smallest absolute Gasteiger partial charge is 0.227 e. The van der Waals surface area contributed by atoms with Crippen LogP contribution in [0.4, 0.5) is 0 Å². The van der Waals surface area contributed by atoms with Crippen molar-refractivity contribution in [2.24, 2.45) is 10.7 Å². The van der Waals surface area contributed by atoms with Crippen LogP contribution in [-0.2, 0) is 4.79 Å². The number of nitrogens with one attached hydrogen (secondary N) is 1. The number of amidine groups is 1. The summed E-state index contributed by atoms with van der Waals surface area (Å²) < 4.78 is 0. The van der Waals surface area contributed by atoms with E-state index in [-0.39, 0.29) is 5.91 Å². The van der Waals surface area contributed by atoms with E-state index in [2.05, 4.69) is 10.3 Å². The van der Waals surface area contributed by atoms with Crippen molar-refractivity contribution >= 4 is 22.8 Å². The van der Waals surface area contributed by atoms with Crippen molar-refractivity contribution in [3.63, 3.8) is 0 Å². The molecule has 1 heterocycles. The van der Waals surface area contributed by atoms with Gasteiger partial charge in [0.25, 0.3) is 0 Å². The summed E-state index contributed by atoms with van der Waals surface area (Å²) in [6.45, 7) is 1.80. The van der Waals surface area contributed by atoms with Crippen LogP contribution in [0, 0.1) is 0 Å². The van der Waals surface area contributed by atoms with Gasteiger partial charge in [-0.25, -0.2) is 0 Å². The number of hydrogen-bond acceptors (Lipinski definition) is 4. The number of nitrogens with zero attached hydrogens (tertiary/aromatic N) is 1. The molecule has 0 saturated heterocycles. The van der Waals surface area contributed by atoms with E-state index in [0.29, 0.717) is 5.75 Å². The van der Waals surface area contributed by atoms with E-state index in [1.807, 2.05) is 0 Å². The number of amides is 1. The molecule has 0 radical (unpaired) electrons. The maximum Gasteiger partial charge on any atom is 0.227 e. The van der Waals surface area contributed by atoms with E-state index in [4.69, 9.17) is 5.73 Å². The van der Waals surface area contributed by atoms with E-state index < -0.39 is 0 Å². The summed E-state index contributed by atoms with van der Waals surface area (Å²) >= 11 is 1.37. The second kappa shape index (κ2) is 4.23. The van der Waals surface area contributed by atoms with Gasteiger partial charge < -0.3 is 11.1 Å². The van der Waals surface area contributed by atoms with Crippen LogP contribution in [0.3, 0.4) is 0 Å². The van der Waals surface area contributed by atoms with Crippen LogP contribution in [-0.4, -0.2) is 29.9 Å². The summed E-state index contributed by atoms with van der Waals surface area (Å²) in [5, 5.41) is 3.92. The van der Waals surface area contributed by atoms with Crippen LogP contribution in [0.15, 0.2) is 4.99 Å². The minimum absolute atomic E-state index is 0.301. The van der Waals surface area contributed by atoms with Crippen molar-refractivity contribution in [2.75, 3.05) is 18.8 Å². The fraction of sp³-hybridized carbons (Fsp3) is 0.667. The molecule has 4 nitrogen and oxygen atoms in total. The Bertz CT molecular complexity index is 181. The molecule has 0 unspecified atom stereocenters. The Balaban J connectivity index is 2.24. The minimum Gasteiger partial charge on any atom is -0.369 e. The van der Waals surface area contributed by atoms with Gasteiger partial charge in [-0.1, -0.05) is 11.8 Å². The first kappa shape index (κ1) is 8.39. The second-order valence-corrected chi connectivity index (χ2v) is 3.19. The van der Waals surface area contributed by atoms with Crippen LogP contribution in [0.5, 0.6) is 0 Å². The molecule has 1 rings (SSSR count). The van der Waals surface area contributed by atoms with Crippen molar-refractivity contribution in [3.8, 4) is 0 Å². The molecule has 1 aliphatic rings. The molecule has 0 saturated carbocycles. The molecule has 0 aromatic carbocycles. The molecule has 11 heavy (non-hydrogen) atoms. The van der Waals surface area contributed by atoms with E-state index in [1.54, 1.807) is 0 Å². The normalized spacial score (nSPS) is 16.9. The SMILES string of the molecule is NC(=O)CSC1=NCCCN1. The Morgan fingerprint density at radius 3 is 3.18 bits per heavy atom. The number of rotatable bonds is 2. The molecule has 0 aromatic rings. The first-order valence-electron chi connectivity index (χ1n) is 3.48. The molecule has 0 aliphatic carbocycles. The highest BCUT2D eigenvalue weighted by Crippen LogP contribution is 2.04. The van der Waals surface area contributed by atoms with Crippen LogP contribution in [0.25, 0.3) is 0 Å². The van der Waals surface area contributed by atoms with Crippen LogP contribution < -0.4 is 11.1 Å². The summed E-state index contributed by atoms with van der Waals surface area (Å²) in [5.74, 6) is 0.0105. The summed E-state index contributed by atoms with van der Waals surface area (Å²) in [7, 11) is 0. The number of thioether (sulfide) groups is 1. The van der Waals surface area contributed by atoms with E-state index >= 15 is 0 Å². The number of nitrogens with two attached hydrogens (primary N) is 1. The second-order valence-electron chi connectivity index (χ2n) is 2.22. The van der Waals surface area contributed by atoms with Crippen molar-refractivity contribution < 1.29 is 4.79 Å². The standard InChI is InChI=1S/C6H11N3OS/c7-5(10)4-11-6-8-2-1-3-9-6/h1-4H2,(H2,7,10)(H,8,9). The van der Waals surface area contributed by atoms with E-state index in [0.717, 1.165) is 24.7 Å². The van der Waals surface area contributed by atoms with Gasteiger partial charge in [0.15, 0.2) is 5.17 Å². The van der Waals surface area contributed by atoms with E-state index in [1.165, 1.54) is 11.8 Å². The van der Waals surface area contributed by atoms with Gasteiger partial charge >= 0.3 is 0 Å². The zero-order valence-corrected chi connectivity index (χ0v) is 6.99. The number of aliphatic imine (C=N–C) groups is 1. The third-order valence-electron chi connectivity index (χ3n) is 1.22. The molecule has 0 bridgehead atoms. The Morgan fingerprint density at radius 1 is 1.82 bits per heavy atom. The lowest BCUT2D eigenvalue weighted by Gasteiger charge is -2.12. The van der Waals surface area contributed by atoms with Crippen molar-refractivity contribution in [1.82, 2.24) is 5.32 Å². The number of carbonyl (C=O) groups excluding carboxylic acids is 1. The first-order chi connectivity index (χ1) is 5.29. The average molecular weight is 173 g/mol. The predicted molar refractivity (Wildman–Crippen MR) is 46.6 cm³/mol. The van der Waals surface area contributed by atoms with Gasteiger partial charge in [-0.05, 0) is 6.42 Å². The van der Waals surface area contributed by atoms with Gasteiger partial charge in [-0.3, -0.25) is 9.79 Å². The fourth-order valence-corrected chi connectivity index (χ4v) is 1.41. The van der Waals surface area contributed by atoms with Gasteiger partial charge in [0.05, 0.1) is 5.75 Å². The predicted octanol–water partition coefficient (Wildman–Crippen LogP) is -0.446. The summed E-state index contributed by atoms with van der Waals surface area (Å²) in [4.78, 5) is 14.5. The molecule has 0 aromatic heterocycles. The van der Waals surface area contributed by atoms with Crippen LogP contribution in [0.1, 0.15) is 6.42 Å². The lowest BCUT2D eigenvalue weighted by atomic mass is 10.4. The largest absolute Gasteiger partial charge is 0.369 e. The van der Waals surface area contributed by atoms with Gasteiger partial charge in [0, 0.05) is 13.1 Å². The maximum absolute atomic E-state index is 10.4. The fourth-order valence-electron chi connectivity index (χ4n) is 0.747. The third kappa shape index (κ3) is 3.27. The summed E-state index contributed by atoms with van der Waals surface area (Å²) in [5.41, 5.74) is 4.97. The molecule has 3 N–H and O–H groups in total. The lowest BCUT2D eigenvalue weighted by Crippen LogP contribution is -2.28. The highest BCUT2D eigenvalue weighted by Gasteiger charge is 2.05. The van der Waals surface area contributed by atoms with Crippen LogP contribution in [0.2, 0.25) is 0 Å². The minimum atomic E-state index is -0.301. The van der Waals surface area contributed by atoms with Crippen molar-refractivity contribution in [1.29, 1.82) is 0 Å². The molecule has 1 aliphatic heterocycles. The highest BCUT2D eigenvalue weighted by molar-refractivity contribution is 8.14. The number of primary amides is 1. The molecule has 0 atom stereocenters. The molecule has 62 valence electrons. The monoisotopic (exact) mass is 173 g/mol. The zero-order chi connectivity index (χ0) is 8.10. The Labute approximate surface area is 69.6 Å². The van der Waals surface area contributed by atoms with E-state index in [9.17, 15) is 4.79 Å².